The molecule has 2 aromatic carbocycles. The fraction of sp³-hybridized carbons (Fsp3) is 0.333. The van der Waals surface area contributed by atoms with E-state index in [1.807, 2.05) is 31.2 Å². The van der Waals surface area contributed by atoms with Gasteiger partial charge in [-0.2, -0.15) is 0 Å². The van der Waals surface area contributed by atoms with Crippen molar-refractivity contribution in [3.8, 4) is 5.75 Å². The van der Waals surface area contributed by atoms with E-state index in [4.69, 9.17) is 9.15 Å². The number of amides is 2. The lowest BCUT2D eigenvalue weighted by atomic mass is 10.1. The first kappa shape index (κ1) is 20.9. The lowest BCUT2D eigenvalue weighted by molar-refractivity contribution is 0.0616. The van der Waals surface area contributed by atoms with Gasteiger partial charge in [0.25, 0.3) is 11.8 Å². The maximum absolute atomic E-state index is 13.3. The van der Waals surface area contributed by atoms with Crippen molar-refractivity contribution in [3.63, 3.8) is 0 Å². The lowest BCUT2D eigenvalue weighted by Crippen LogP contribution is -2.48. The Kier molecular flexibility index (Phi) is 6.23. The Balaban J connectivity index is 1.66. The number of furan rings is 1. The summed E-state index contributed by atoms with van der Waals surface area (Å²) in [5, 5.41) is 3.61. The largest absolute Gasteiger partial charge is 0.493 e. The van der Waals surface area contributed by atoms with Crippen LogP contribution in [0, 0.1) is 0 Å². The number of hydrogen-bond donors (Lipinski definition) is 1. The number of benzene rings is 2. The van der Waals surface area contributed by atoms with Crippen molar-refractivity contribution in [2.45, 2.75) is 13.8 Å². The van der Waals surface area contributed by atoms with Gasteiger partial charge in [0.2, 0.25) is 5.76 Å². The summed E-state index contributed by atoms with van der Waals surface area (Å²) in [5.41, 5.74) is 1.37. The number of hydrogen-bond acceptors (Lipinski definition) is 5. The Morgan fingerprint density at radius 2 is 1.71 bits per heavy atom. The minimum Gasteiger partial charge on any atom is -0.493 e. The highest BCUT2D eigenvalue weighted by Crippen LogP contribution is 2.33. The molecule has 1 aromatic heterocycles. The molecule has 1 aliphatic rings. The van der Waals surface area contributed by atoms with Crippen LogP contribution in [0.3, 0.4) is 0 Å². The van der Waals surface area contributed by atoms with E-state index in [0.717, 1.165) is 19.6 Å². The third-order valence-electron chi connectivity index (χ3n) is 5.57. The van der Waals surface area contributed by atoms with E-state index in [1.54, 1.807) is 29.2 Å². The van der Waals surface area contributed by atoms with E-state index < -0.39 is 0 Å². The zero-order chi connectivity index (χ0) is 21.8. The minimum atomic E-state index is -0.347. The molecule has 0 unspecified atom stereocenters. The normalized spacial score (nSPS) is 14.6. The summed E-state index contributed by atoms with van der Waals surface area (Å²) < 4.78 is 11.5. The Morgan fingerprint density at radius 1 is 1.00 bits per heavy atom. The summed E-state index contributed by atoms with van der Waals surface area (Å²) in [5.74, 6) is 0.105. The van der Waals surface area contributed by atoms with Crippen LogP contribution in [0.25, 0.3) is 11.0 Å². The molecule has 0 atom stereocenters. The summed E-state index contributed by atoms with van der Waals surface area (Å²) in [6.07, 6.45) is 0. The monoisotopic (exact) mass is 421 g/mol. The predicted octanol–water partition coefficient (Wildman–Crippen LogP) is 3.86. The highest BCUT2D eigenvalue weighted by Gasteiger charge is 2.29. The van der Waals surface area contributed by atoms with Crippen molar-refractivity contribution in [1.82, 2.24) is 9.80 Å². The van der Waals surface area contributed by atoms with Crippen LogP contribution in [0.2, 0.25) is 0 Å². The van der Waals surface area contributed by atoms with Gasteiger partial charge >= 0.3 is 0 Å². The SMILES string of the molecule is CCOc1ccccc1C(=O)Nc1c(C(=O)N2CCN(CC)CC2)oc2ccccc12. The van der Waals surface area contributed by atoms with Crippen LogP contribution in [-0.4, -0.2) is 60.9 Å². The van der Waals surface area contributed by atoms with Crippen molar-refractivity contribution < 1.29 is 18.7 Å². The number of rotatable bonds is 6. The molecule has 2 amide bonds. The molecule has 0 radical (unpaired) electrons. The Labute approximate surface area is 181 Å². The molecule has 1 N–H and O–H groups in total. The van der Waals surface area contributed by atoms with Crippen LogP contribution in [0.4, 0.5) is 5.69 Å². The van der Waals surface area contributed by atoms with E-state index in [1.165, 1.54) is 0 Å². The van der Waals surface area contributed by atoms with E-state index >= 15 is 0 Å². The zero-order valence-electron chi connectivity index (χ0n) is 17.9. The van der Waals surface area contributed by atoms with E-state index in [2.05, 4.69) is 17.1 Å². The smallest absolute Gasteiger partial charge is 0.291 e. The van der Waals surface area contributed by atoms with Gasteiger partial charge in [0.1, 0.15) is 17.0 Å². The highest BCUT2D eigenvalue weighted by atomic mass is 16.5. The number of anilines is 1. The third kappa shape index (κ3) is 4.27. The fourth-order valence-corrected chi connectivity index (χ4v) is 3.85. The molecule has 0 bridgehead atoms. The molecule has 0 spiro atoms. The first-order chi connectivity index (χ1) is 15.1. The summed E-state index contributed by atoms with van der Waals surface area (Å²) in [6, 6.07) is 14.4. The van der Waals surface area contributed by atoms with Gasteiger partial charge in [-0.05, 0) is 37.7 Å². The molecule has 1 fully saturated rings. The number of para-hydroxylation sites is 2. The van der Waals surface area contributed by atoms with Gasteiger partial charge in [0.05, 0.1) is 12.2 Å². The molecule has 4 rings (SSSR count). The van der Waals surface area contributed by atoms with Gasteiger partial charge in [0.15, 0.2) is 0 Å². The quantitative estimate of drug-likeness (QED) is 0.654. The standard InChI is InChI=1S/C24H27N3O4/c1-3-26-13-15-27(16-14-26)24(29)22-21(17-9-5-8-12-20(17)31-22)25-23(28)18-10-6-7-11-19(18)30-4-2/h5-12H,3-4,13-16H2,1-2H3,(H,25,28). The first-order valence-corrected chi connectivity index (χ1v) is 10.7. The van der Waals surface area contributed by atoms with Crippen molar-refractivity contribution >= 4 is 28.5 Å². The van der Waals surface area contributed by atoms with E-state index in [9.17, 15) is 9.59 Å². The van der Waals surface area contributed by atoms with E-state index in [0.29, 0.717) is 47.7 Å². The zero-order valence-corrected chi connectivity index (χ0v) is 17.9. The third-order valence-corrected chi connectivity index (χ3v) is 5.57. The van der Waals surface area contributed by atoms with Gasteiger partial charge in [-0.15, -0.1) is 0 Å². The number of fused-ring (bicyclic) bond motifs is 1. The summed E-state index contributed by atoms with van der Waals surface area (Å²) in [7, 11) is 0. The molecular weight excluding hydrogens is 394 g/mol. The van der Waals surface area contributed by atoms with Gasteiger partial charge < -0.3 is 24.3 Å². The van der Waals surface area contributed by atoms with Gasteiger partial charge in [0, 0.05) is 31.6 Å². The van der Waals surface area contributed by atoms with Crippen molar-refractivity contribution in [3.05, 3.63) is 59.9 Å². The molecule has 0 saturated carbocycles. The molecular formula is C24H27N3O4. The van der Waals surface area contributed by atoms with Gasteiger partial charge in [-0.25, -0.2) is 0 Å². The molecule has 3 aromatic rings. The van der Waals surface area contributed by atoms with Crippen LogP contribution in [0.1, 0.15) is 34.8 Å². The number of piperazine rings is 1. The summed E-state index contributed by atoms with van der Waals surface area (Å²) >= 11 is 0. The van der Waals surface area contributed by atoms with Crippen LogP contribution in [0.15, 0.2) is 52.9 Å². The minimum absolute atomic E-state index is 0.161. The second kappa shape index (κ2) is 9.22. The number of likely N-dealkylation sites (N-methyl/N-ethyl adjacent to an activating group) is 1. The van der Waals surface area contributed by atoms with Crippen molar-refractivity contribution in [1.29, 1.82) is 0 Å². The van der Waals surface area contributed by atoms with E-state index in [-0.39, 0.29) is 17.6 Å². The first-order valence-electron chi connectivity index (χ1n) is 10.7. The predicted molar refractivity (Wildman–Crippen MR) is 120 cm³/mol. The second-order valence-electron chi connectivity index (χ2n) is 7.41. The number of nitrogens with zero attached hydrogens (tertiary/aromatic N) is 2. The van der Waals surface area contributed by atoms with Gasteiger partial charge in [-0.1, -0.05) is 31.2 Å². The Morgan fingerprint density at radius 3 is 2.45 bits per heavy atom. The molecule has 0 aliphatic carbocycles. The lowest BCUT2D eigenvalue weighted by Gasteiger charge is -2.33. The molecule has 162 valence electrons. The Bertz CT molecular complexity index is 1080. The van der Waals surface area contributed by atoms with Crippen LogP contribution in [-0.2, 0) is 0 Å². The molecule has 7 nitrogen and oxygen atoms in total. The fourth-order valence-electron chi connectivity index (χ4n) is 3.85. The molecule has 7 heteroatoms. The van der Waals surface area contributed by atoms with Crippen molar-refractivity contribution in [2.75, 3.05) is 44.6 Å². The molecule has 1 aliphatic heterocycles. The summed E-state index contributed by atoms with van der Waals surface area (Å²) in [4.78, 5) is 30.5. The number of carbonyl (C=O) groups excluding carboxylic acids is 2. The van der Waals surface area contributed by atoms with Crippen LogP contribution in [0.5, 0.6) is 5.75 Å². The molecule has 1 saturated heterocycles. The number of ether oxygens (including phenoxy) is 1. The topological polar surface area (TPSA) is 75.0 Å². The summed E-state index contributed by atoms with van der Waals surface area (Å²) in [6.45, 7) is 8.31. The van der Waals surface area contributed by atoms with Crippen LogP contribution < -0.4 is 10.1 Å². The maximum atomic E-state index is 13.3. The number of nitrogens with one attached hydrogen (secondary N) is 1. The Hall–Kier alpha value is -3.32. The maximum Gasteiger partial charge on any atom is 0.291 e. The average molecular weight is 421 g/mol. The number of carbonyl (C=O) groups is 2. The van der Waals surface area contributed by atoms with Crippen molar-refractivity contribution in [2.24, 2.45) is 0 Å². The van der Waals surface area contributed by atoms with Crippen LogP contribution >= 0.6 is 0 Å². The average Bonchev–Trinajstić information content (AvgIpc) is 3.17. The highest BCUT2D eigenvalue weighted by molar-refractivity contribution is 6.15. The molecule has 2 heterocycles. The van der Waals surface area contributed by atoms with Gasteiger partial charge in [-0.3, -0.25) is 9.59 Å². The molecule has 31 heavy (non-hydrogen) atoms. The second-order valence-corrected chi connectivity index (χ2v) is 7.41.